The Kier molecular flexibility index (Phi) is 8.33. The van der Waals surface area contributed by atoms with Crippen molar-refractivity contribution in [2.24, 2.45) is 0 Å². The molecule has 0 heterocycles. The van der Waals surface area contributed by atoms with Crippen LogP contribution in [0.3, 0.4) is 0 Å². The maximum Gasteiger partial charge on any atom is 0.240 e. The first-order valence-electron chi connectivity index (χ1n) is 7.36. The van der Waals surface area contributed by atoms with Crippen LogP contribution in [0.25, 0.3) is 0 Å². The summed E-state index contributed by atoms with van der Waals surface area (Å²) >= 11 is 1.63. The van der Waals surface area contributed by atoms with Gasteiger partial charge < -0.3 is 5.32 Å². The zero-order valence-electron chi connectivity index (χ0n) is 13.1. The van der Waals surface area contributed by atoms with Crippen molar-refractivity contribution in [1.29, 1.82) is 0 Å². The van der Waals surface area contributed by atoms with Crippen molar-refractivity contribution < 1.29 is 8.42 Å². The number of hydrogen-bond acceptors (Lipinski definition) is 4. The lowest BCUT2D eigenvalue weighted by Crippen LogP contribution is -2.27. The van der Waals surface area contributed by atoms with Crippen molar-refractivity contribution in [3.8, 4) is 0 Å². The van der Waals surface area contributed by atoms with Gasteiger partial charge in [0.2, 0.25) is 10.0 Å². The predicted molar refractivity (Wildman–Crippen MR) is 91.4 cm³/mol. The van der Waals surface area contributed by atoms with Gasteiger partial charge in [0, 0.05) is 18.8 Å². The number of rotatable bonds is 10. The van der Waals surface area contributed by atoms with Crippen molar-refractivity contribution >= 4 is 21.8 Å². The Hall–Kier alpha value is -0.560. The molecule has 0 unspecified atom stereocenters. The number of benzene rings is 1. The highest BCUT2D eigenvalue weighted by Crippen LogP contribution is 2.18. The van der Waals surface area contributed by atoms with E-state index >= 15 is 0 Å². The Morgan fingerprint density at radius 3 is 2.57 bits per heavy atom. The molecule has 0 aromatic heterocycles. The van der Waals surface area contributed by atoms with Gasteiger partial charge in [-0.2, -0.15) is 11.8 Å². The van der Waals surface area contributed by atoms with Gasteiger partial charge in [0.15, 0.2) is 0 Å². The van der Waals surface area contributed by atoms with Gasteiger partial charge in [0.1, 0.15) is 0 Å². The Morgan fingerprint density at radius 1 is 1.19 bits per heavy atom. The molecule has 0 fully saturated rings. The average molecular weight is 331 g/mol. The largest absolute Gasteiger partial charge is 0.313 e. The van der Waals surface area contributed by atoms with Crippen LogP contribution in [0.4, 0.5) is 0 Å². The van der Waals surface area contributed by atoms with E-state index in [1.165, 1.54) is 0 Å². The molecular formula is C15H26N2O2S2. The first-order chi connectivity index (χ1) is 10.0. The highest BCUT2D eigenvalue weighted by Gasteiger charge is 2.17. The lowest BCUT2D eigenvalue weighted by Gasteiger charge is -2.12. The third kappa shape index (κ3) is 5.98. The number of hydrogen-bond donors (Lipinski definition) is 2. The van der Waals surface area contributed by atoms with Crippen molar-refractivity contribution in [2.45, 2.75) is 38.1 Å². The zero-order valence-corrected chi connectivity index (χ0v) is 14.7. The van der Waals surface area contributed by atoms with E-state index in [9.17, 15) is 8.42 Å². The summed E-state index contributed by atoms with van der Waals surface area (Å²) in [6.45, 7) is 6.18. The zero-order chi connectivity index (χ0) is 15.7. The molecule has 0 aliphatic carbocycles. The number of nitrogens with one attached hydrogen (secondary N) is 2. The minimum absolute atomic E-state index is 0.418. The lowest BCUT2D eigenvalue weighted by molar-refractivity contribution is 0.582. The third-order valence-corrected chi connectivity index (χ3v) is 5.31. The fourth-order valence-corrected chi connectivity index (χ4v) is 3.84. The fraction of sp³-hybridized carbons (Fsp3) is 0.600. The molecule has 0 bridgehead atoms. The fourth-order valence-electron chi connectivity index (χ4n) is 2.02. The summed E-state index contributed by atoms with van der Waals surface area (Å²) in [5.74, 6) is 0.776. The molecule has 0 saturated carbocycles. The molecular weight excluding hydrogens is 304 g/mol. The molecule has 6 heteroatoms. The quantitative estimate of drug-likeness (QED) is 0.647. The highest BCUT2D eigenvalue weighted by molar-refractivity contribution is 7.98. The average Bonchev–Trinajstić information content (AvgIpc) is 2.47. The molecule has 4 nitrogen and oxygen atoms in total. The van der Waals surface area contributed by atoms with Gasteiger partial charge >= 0.3 is 0 Å². The van der Waals surface area contributed by atoms with Crippen molar-refractivity contribution in [1.82, 2.24) is 10.0 Å². The summed E-state index contributed by atoms with van der Waals surface area (Å²) in [6.07, 6.45) is 3.74. The van der Waals surface area contributed by atoms with Crippen LogP contribution in [0, 0.1) is 0 Å². The minimum Gasteiger partial charge on any atom is -0.313 e. The molecule has 0 spiro atoms. The topological polar surface area (TPSA) is 58.2 Å². The maximum atomic E-state index is 12.4. The van der Waals surface area contributed by atoms with E-state index in [4.69, 9.17) is 0 Å². The molecule has 1 aromatic rings. The first kappa shape index (κ1) is 18.5. The Labute approximate surface area is 133 Å². The highest BCUT2D eigenvalue weighted by atomic mass is 32.2. The summed E-state index contributed by atoms with van der Waals surface area (Å²) in [4.78, 5) is 0.418. The standard InChI is InChI=1S/C15H26N2O2S2/c1-4-8-16-12-13-6-7-14(5-2)15(11-13)21(18,19)17-9-10-20-3/h6-7,11,16-17H,4-5,8-10,12H2,1-3H3. The normalized spacial score (nSPS) is 11.8. The lowest BCUT2D eigenvalue weighted by atomic mass is 10.1. The van der Waals surface area contributed by atoms with E-state index in [0.717, 1.165) is 29.8 Å². The Balaban J connectivity index is 2.93. The molecule has 1 aromatic carbocycles. The van der Waals surface area contributed by atoms with Crippen LogP contribution in [-0.4, -0.2) is 33.5 Å². The molecule has 0 atom stereocenters. The minimum atomic E-state index is -3.42. The summed E-state index contributed by atoms with van der Waals surface area (Å²) in [5, 5.41) is 3.30. The van der Waals surface area contributed by atoms with Crippen molar-refractivity contribution in [2.75, 3.05) is 25.1 Å². The van der Waals surface area contributed by atoms with Gasteiger partial charge in [-0.25, -0.2) is 13.1 Å². The second-order valence-corrected chi connectivity index (χ2v) is 7.58. The summed E-state index contributed by atoms with van der Waals surface area (Å²) in [6, 6.07) is 5.72. The van der Waals surface area contributed by atoms with Crippen molar-refractivity contribution in [3.63, 3.8) is 0 Å². The van der Waals surface area contributed by atoms with Crippen molar-refractivity contribution in [3.05, 3.63) is 29.3 Å². The third-order valence-electron chi connectivity index (χ3n) is 3.16. The number of thioether (sulfide) groups is 1. The van der Waals surface area contributed by atoms with Gasteiger partial charge in [-0.15, -0.1) is 0 Å². The Morgan fingerprint density at radius 2 is 1.95 bits per heavy atom. The summed E-state index contributed by atoms with van der Waals surface area (Å²) in [5.41, 5.74) is 1.87. The summed E-state index contributed by atoms with van der Waals surface area (Å²) < 4.78 is 27.5. The van der Waals surface area contributed by atoms with Gasteiger partial charge in [0.05, 0.1) is 4.90 Å². The van der Waals surface area contributed by atoms with Crippen LogP contribution in [0.1, 0.15) is 31.4 Å². The van der Waals surface area contributed by atoms with Crippen LogP contribution >= 0.6 is 11.8 Å². The molecule has 0 aliphatic rings. The molecule has 0 saturated heterocycles. The van der Waals surface area contributed by atoms with Crippen LogP contribution < -0.4 is 10.0 Å². The first-order valence-corrected chi connectivity index (χ1v) is 10.2. The smallest absolute Gasteiger partial charge is 0.240 e. The van der Waals surface area contributed by atoms with Crippen LogP contribution in [-0.2, 0) is 23.0 Å². The van der Waals surface area contributed by atoms with Crippen LogP contribution in [0.2, 0.25) is 0 Å². The Bertz CT molecular complexity index is 530. The molecule has 1 rings (SSSR count). The van der Waals surface area contributed by atoms with E-state index in [-0.39, 0.29) is 0 Å². The van der Waals surface area contributed by atoms with E-state index in [0.29, 0.717) is 24.4 Å². The molecule has 0 radical (unpaired) electrons. The van der Waals surface area contributed by atoms with Gasteiger partial charge in [0.25, 0.3) is 0 Å². The van der Waals surface area contributed by atoms with Gasteiger partial charge in [-0.1, -0.05) is 26.0 Å². The predicted octanol–water partition coefficient (Wildman–Crippen LogP) is 2.39. The summed E-state index contributed by atoms with van der Waals surface area (Å²) in [7, 11) is -3.42. The number of sulfonamides is 1. The number of aryl methyl sites for hydroxylation is 1. The van der Waals surface area contributed by atoms with Gasteiger partial charge in [-0.3, -0.25) is 0 Å². The van der Waals surface area contributed by atoms with Gasteiger partial charge in [-0.05, 0) is 42.8 Å². The molecule has 0 aliphatic heterocycles. The molecule has 120 valence electrons. The molecule has 21 heavy (non-hydrogen) atoms. The SMILES string of the molecule is CCCNCc1ccc(CC)c(S(=O)(=O)NCCSC)c1. The second kappa shape index (κ2) is 9.46. The van der Waals surface area contributed by atoms with Crippen LogP contribution in [0.5, 0.6) is 0 Å². The van der Waals surface area contributed by atoms with E-state index in [2.05, 4.69) is 17.0 Å². The van der Waals surface area contributed by atoms with E-state index < -0.39 is 10.0 Å². The maximum absolute atomic E-state index is 12.4. The van der Waals surface area contributed by atoms with E-state index in [1.54, 1.807) is 17.8 Å². The molecule has 2 N–H and O–H groups in total. The van der Waals surface area contributed by atoms with Crippen LogP contribution in [0.15, 0.2) is 23.1 Å². The molecule has 0 amide bonds. The second-order valence-electron chi connectivity index (χ2n) is 4.86. The van der Waals surface area contributed by atoms with E-state index in [1.807, 2.05) is 25.3 Å². The monoisotopic (exact) mass is 330 g/mol.